The zero-order chi connectivity index (χ0) is 15.5. The molecular formula is C6H2F9KO4. The predicted molar refractivity (Wildman–Crippen MR) is 34.5 cm³/mol. The number of carbonyl (C=O) groups is 1. The predicted octanol–water partition coefficient (Wildman–Crippen LogP) is -0.686. The molecule has 1 heterocycles. The summed E-state index contributed by atoms with van der Waals surface area (Å²) >= 11 is 0. The monoisotopic (exact) mass is 348 g/mol. The summed E-state index contributed by atoms with van der Waals surface area (Å²) in [6, 6.07) is 0. The summed E-state index contributed by atoms with van der Waals surface area (Å²) in [6.07, 6.45) is -19.3. The van der Waals surface area contributed by atoms with E-state index in [1.807, 2.05) is 0 Å². The van der Waals surface area contributed by atoms with Crippen LogP contribution < -0.4 is 51.4 Å². The zero-order valence-corrected chi connectivity index (χ0v) is 12.2. The van der Waals surface area contributed by atoms with Gasteiger partial charge in [-0.1, -0.05) is 0 Å². The fourth-order valence-electron chi connectivity index (χ4n) is 1.07. The number of hydrogen-bond donors (Lipinski definition) is 1. The van der Waals surface area contributed by atoms with Crippen LogP contribution in [0.4, 0.5) is 39.5 Å². The van der Waals surface area contributed by atoms with Crippen molar-refractivity contribution in [2.45, 2.75) is 30.1 Å². The first-order chi connectivity index (χ1) is 8.11. The fourth-order valence-corrected chi connectivity index (χ4v) is 1.07. The SMILES string of the molecule is O=C(O)C1(C(F)(F)F)OC(F)(F)C(F)(C(F)(F)F)O1.[H-].[K+]. The van der Waals surface area contributed by atoms with Crippen molar-refractivity contribution in [1.29, 1.82) is 0 Å². The molecule has 2 unspecified atom stereocenters. The van der Waals surface area contributed by atoms with Crippen molar-refractivity contribution in [3.63, 3.8) is 0 Å². The first-order valence-corrected chi connectivity index (χ1v) is 3.95. The molecule has 0 aromatic carbocycles. The van der Waals surface area contributed by atoms with E-state index in [1.165, 1.54) is 0 Å². The second-order valence-corrected chi connectivity index (χ2v) is 3.23. The number of hydrogen-bond acceptors (Lipinski definition) is 3. The topological polar surface area (TPSA) is 55.8 Å². The molecule has 1 aliphatic rings. The van der Waals surface area contributed by atoms with Gasteiger partial charge in [0.15, 0.2) is 0 Å². The molecule has 0 radical (unpaired) electrons. The Morgan fingerprint density at radius 3 is 1.50 bits per heavy atom. The Bertz CT molecular complexity index is 412. The number of carboxylic acid groups (broad SMARTS) is 1. The minimum atomic E-state index is -6.67. The van der Waals surface area contributed by atoms with E-state index in [4.69, 9.17) is 5.11 Å². The normalized spacial score (nSPS) is 33.6. The van der Waals surface area contributed by atoms with Crippen LogP contribution in [0, 0.1) is 0 Å². The number of rotatable bonds is 1. The average Bonchev–Trinajstić information content (AvgIpc) is 2.34. The maximum atomic E-state index is 13.0. The number of ether oxygens (including phenoxy) is 2. The molecule has 0 spiro atoms. The summed E-state index contributed by atoms with van der Waals surface area (Å²) < 4.78 is 116. The minimum Gasteiger partial charge on any atom is -1.00 e. The minimum absolute atomic E-state index is 0. The van der Waals surface area contributed by atoms with Crippen molar-refractivity contribution in [2.75, 3.05) is 0 Å². The quantitative estimate of drug-likeness (QED) is 0.504. The molecule has 0 aromatic rings. The summed E-state index contributed by atoms with van der Waals surface area (Å²) in [4.78, 5) is 10.2. The molecule has 1 rings (SSSR count). The molecule has 0 saturated carbocycles. The maximum Gasteiger partial charge on any atom is 1.00 e. The molecule has 1 saturated heterocycles. The Morgan fingerprint density at radius 2 is 1.35 bits per heavy atom. The summed E-state index contributed by atoms with van der Waals surface area (Å²) in [5.41, 5.74) is 0. The van der Waals surface area contributed by atoms with Gasteiger partial charge in [-0.15, -0.1) is 0 Å². The first kappa shape index (κ1) is 20.4. The van der Waals surface area contributed by atoms with Crippen molar-refractivity contribution in [2.24, 2.45) is 0 Å². The van der Waals surface area contributed by atoms with Crippen LogP contribution in [0.3, 0.4) is 0 Å². The Hall–Kier alpha value is 0.396. The summed E-state index contributed by atoms with van der Waals surface area (Å²) in [6.45, 7) is 0. The van der Waals surface area contributed by atoms with Crippen LogP contribution in [-0.2, 0) is 14.3 Å². The van der Waals surface area contributed by atoms with Crippen molar-refractivity contribution in [3.8, 4) is 0 Å². The van der Waals surface area contributed by atoms with Gasteiger partial charge in [0.05, 0.1) is 0 Å². The summed E-state index contributed by atoms with van der Waals surface area (Å²) in [5, 5.41) is 8.09. The molecule has 0 amide bonds. The molecule has 0 aromatic heterocycles. The van der Waals surface area contributed by atoms with Crippen LogP contribution in [0.15, 0.2) is 0 Å². The maximum absolute atomic E-state index is 13.0. The third-order valence-corrected chi connectivity index (χ3v) is 1.95. The van der Waals surface area contributed by atoms with Gasteiger partial charge in [-0.3, -0.25) is 9.47 Å². The number of halogens is 9. The third-order valence-electron chi connectivity index (χ3n) is 1.95. The molecule has 4 nitrogen and oxygen atoms in total. The Kier molecular flexibility index (Phi) is 5.34. The van der Waals surface area contributed by atoms with E-state index in [-0.39, 0.29) is 52.8 Å². The first-order valence-electron chi connectivity index (χ1n) is 3.95. The van der Waals surface area contributed by atoms with Crippen LogP contribution in [0.2, 0.25) is 0 Å². The summed E-state index contributed by atoms with van der Waals surface area (Å²) in [5.74, 6) is -15.1. The van der Waals surface area contributed by atoms with Gasteiger partial charge < -0.3 is 6.53 Å². The van der Waals surface area contributed by atoms with E-state index in [0.717, 1.165) is 0 Å². The number of alkyl halides is 9. The van der Waals surface area contributed by atoms with Crippen molar-refractivity contribution in [3.05, 3.63) is 0 Å². The molecule has 14 heteroatoms. The second-order valence-electron chi connectivity index (χ2n) is 3.23. The Balaban J connectivity index is 0. The van der Waals surface area contributed by atoms with Gasteiger partial charge in [-0.25, -0.2) is 4.79 Å². The Morgan fingerprint density at radius 1 is 0.950 bits per heavy atom. The molecule has 0 bridgehead atoms. The van der Waals surface area contributed by atoms with Crippen LogP contribution in [0.25, 0.3) is 0 Å². The molecule has 20 heavy (non-hydrogen) atoms. The molecule has 2 atom stereocenters. The largest absolute Gasteiger partial charge is 1.00 e. The second kappa shape index (κ2) is 5.24. The summed E-state index contributed by atoms with van der Waals surface area (Å²) in [7, 11) is 0. The van der Waals surface area contributed by atoms with E-state index in [9.17, 15) is 44.3 Å². The van der Waals surface area contributed by atoms with Crippen LogP contribution in [0.1, 0.15) is 1.43 Å². The van der Waals surface area contributed by atoms with Gasteiger partial charge in [0.2, 0.25) is 0 Å². The molecule has 1 N–H and O–H groups in total. The van der Waals surface area contributed by atoms with Gasteiger partial charge in [0, 0.05) is 0 Å². The standard InChI is InChI=1S/C6HF9O4.K.H/c7-3(5(11,12)13)6(14,15)19-2(18-3,1(16)17)4(8,9)10;;/h(H,16,17);;/q;+1;-1. The molecule has 114 valence electrons. The van der Waals surface area contributed by atoms with Crippen LogP contribution in [-0.4, -0.2) is 41.2 Å². The average molecular weight is 348 g/mol. The van der Waals surface area contributed by atoms with E-state index >= 15 is 0 Å². The molecular weight excluding hydrogens is 346 g/mol. The van der Waals surface area contributed by atoms with Gasteiger partial charge >= 0.3 is 87.5 Å². The van der Waals surface area contributed by atoms with Crippen molar-refractivity contribution < 1.29 is 112 Å². The van der Waals surface area contributed by atoms with Crippen LogP contribution in [0.5, 0.6) is 0 Å². The molecule has 1 fully saturated rings. The molecule has 0 aliphatic carbocycles. The third kappa shape index (κ3) is 2.70. The van der Waals surface area contributed by atoms with Gasteiger partial charge in [-0.2, -0.15) is 39.5 Å². The Labute approximate surface area is 147 Å². The van der Waals surface area contributed by atoms with Crippen molar-refractivity contribution >= 4 is 5.97 Å². The molecule has 1 aliphatic heterocycles. The van der Waals surface area contributed by atoms with Crippen molar-refractivity contribution in [1.82, 2.24) is 0 Å². The number of carboxylic acids is 1. The fraction of sp³-hybridized carbons (Fsp3) is 0.833. The van der Waals surface area contributed by atoms with Gasteiger partial charge in [0.1, 0.15) is 0 Å². The van der Waals surface area contributed by atoms with Gasteiger partial charge in [-0.05, 0) is 0 Å². The number of aliphatic carboxylic acids is 1. The van der Waals surface area contributed by atoms with E-state index in [1.54, 1.807) is 0 Å². The van der Waals surface area contributed by atoms with Crippen LogP contribution >= 0.6 is 0 Å². The van der Waals surface area contributed by atoms with Gasteiger partial charge in [0.25, 0.3) is 0 Å². The zero-order valence-electron chi connectivity index (χ0n) is 10.1. The van der Waals surface area contributed by atoms with E-state index in [0.29, 0.717) is 0 Å². The van der Waals surface area contributed by atoms with E-state index in [2.05, 4.69) is 9.47 Å². The van der Waals surface area contributed by atoms with E-state index < -0.39 is 36.1 Å². The smallest absolute Gasteiger partial charge is 1.00 e.